The summed E-state index contributed by atoms with van der Waals surface area (Å²) in [7, 11) is 0. The van der Waals surface area contributed by atoms with E-state index in [1.807, 2.05) is 24.3 Å². The summed E-state index contributed by atoms with van der Waals surface area (Å²) in [5, 5.41) is 16.3. The molecule has 0 fully saturated rings. The molecule has 0 spiro atoms. The normalized spacial score (nSPS) is 10.7. The van der Waals surface area contributed by atoms with Crippen molar-refractivity contribution >= 4 is 22.4 Å². The fourth-order valence-electron chi connectivity index (χ4n) is 2.46. The number of nitrogens with zero attached hydrogens (tertiary/aromatic N) is 3. The quantitative estimate of drug-likeness (QED) is 0.601. The van der Waals surface area contributed by atoms with E-state index in [1.54, 1.807) is 43.5 Å². The van der Waals surface area contributed by atoms with Gasteiger partial charge in [-0.1, -0.05) is 23.4 Å². The zero-order valence-electron chi connectivity index (χ0n) is 13.8. The Labute approximate surface area is 148 Å². The molecule has 128 valence electrons. The lowest BCUT2D eigenvalue weighted by Crippen LogP contribution is -2.10. The van der Waals surface area contributed by atoms with Gasteiger partial charge in [0, 0.05) is 22.5 Å². The number of carbonyl (C=O) groups is 1. The van der Waals surface area contributed by atoms with Gasteiger partial charge in [-0.3, -0.25) is 4.79 Å². The average Bonchev–Trinajstić information content (AvgIpc) is 3.10. The van der Waals surface area contributed by atoms with Crippen molar-refractivity contribution in [2.24, 2.45) is 0 Å². The van der Waals surface area contributed by atoms with Crippen LogP contribution in [0.2, 0.25) is 0 Å². The highest BCUT2D eigenvalue weighted by Crippen LogP contribution is 2.27. The molecule has 7 heteroatoms. The first kappa shape index (κ1) is 15.8. The van der Waals surface area contributed by atoms with Gasteiger partial charge in [-0.25, -0.2) is 0 Å². The maximum Gasteiger partial charge on any atom is 0.294 e. The van der Waals surface area contributed by atoms with Gasteiger partial charge in [0.25, 0.3) is 5.91 Å². The fourth-order valence-corrected chi connectivity index (χ4v) is 2.46. The summed E-state index contributed by atoms with van der Waals surface area (Å²) in [4.78, 5) is 12.1. The SMILES string of the molecule is Cc1cc(C(=O)Nc2ccc(Oc3nncc4ccccc34)cc2)on1. The molecule has 4 rings (SSSR count). The van der Waals surface area contributed by atoms with Crippen LogP contribution < -0.4 is 10.1 Å². The predicted octanol–water partition coefficient (Wildman–Crippen LogP) is 3.97. The second kappa shape index (κ2) is 6.64. The van der Waals surface area contributed by atoms with Gasteiger partial charge in [0.15, 0.2) is 0 Å². The molecule has 0 aliphatic rings. The van der Waals surface area contributed by atoms with E-state index >= 15 is 0 Å². The first-order valence-electron chi connectivity index (χ1n) is 7.92. The number of anilines is 1. The molecular formula is C19H14N4O3. The maximum absolute atomic E-state index is 12.1. The second-order valence-corrected chi connectivity index (χ2v) is 5.65. The van der Waals surface area contributed by atoms with Gasteiger partial charge in [-0.2, -0.15) is 5.10 Å². The Morgan fingerprint density at radius 3 is 2.69 bits per heavy atom. The molecule has 4 aromatic rings. The largest absolute Gasteiger partial charge is 0.437 e. The lowest BCUT2D eigenvalue weighted by atomic mass is 10.2. The summed E-state index contributed by atoms with van der Waals surface area (Å²) in [6, 6.07) is 16.2. The van der Waals surface area contributed by atoms with E-state index in [9.17, 15) is 4.79 Å². The van der Waals surface area contributed by atoms with Crippen molar-refractivity contribution in [2.75, 3.05) is 5.32 Å². The molecule has 2 aromatic heterocycles. The molecule has 1 amide bonds. The molecule has 0 aliphatic heterocycles. The average molecular weight is 346 g/mol. The van der Waals surface area contributed by atoms with Crippen LogP contribution in [-0.2, 0) is 0 Å². The lowest BCUT2D eigenvalue weighted by molar-refractivity contribution is 0.0988. The minimum Gasteiger partial charge on any atom is -0.437 e. The van der Waals surface area contributed by atoms with E-state index in [1.165, 1.54) is 0 Å². The van der Waals surface area contributed by atoms with E-state index in [0.717, 1.165) is 10.8 Å². The topological polar surface area (TPSA) is 90.1 Å². The Kier molecular flexibility index (Phi) is 4.03. The molecule has 0 unspecified atom stereocenters. The van der Waals surface area contributed by atoms with Gasteiger partial charge < -0.3 is 14.6 Å². The van der Waals surface area contributed by atoms with Gasteiger partial charge in [-0.05, 0) is 37.3 Å². The van der Waals surface area contributed by atoms with Crippen LogP contribution in [0, 0.1) is 6.92 Å². The van der Waals surface area contributed by atoms with Crippen molar-refractivity contribution in [3.8, 4) is 11.6 Å². The molecular weight excluding hydrogens is 332 g/mol. The standard InChI is InChI=1S/C19H14N4O3/c1-12-10-17(26-23-12)18(24)21-14-6-8-15(9-7-14)25-19-16-5-3-2-4-13(16)11-20-22-19/h2-11H,1H3,(H,21,24). The molecule has 2 heterocycles. The van der Waals surface area contributed by atoms with E-state index in [2.05, 4.69) is 20.7 Å². The Morgan fingerprint density at radius 1 is 1.12 bits per heavy atom. The van der Waals surface area contributed by atoms with E-state index in [-0.39, 0.29) is 11.7 Å². The molecule has 0 bridgehead atoms. The van der Waals surface area contributed by atoms with Crippen LogP contribution in [0.5, 0.6) is 11.6 Å². The minimum absolute atomic E-state index is 0.161. The van der Waals surface area contributed by atoms with Crippen LogP contribution >= 0.6 is 0 Å². The van der Waals surface area contributed by atoms with Crippen LogP contribution in [0.25, 0.3) is 10.8 Å². The van der Waals surface area contributed by atoms with Gasteiger partial charge in [-0.15, -0.1) is 5.10 Å². The van der Waals surface area contributed by atoms with Crippen LogP contribution in [0.15, 0.2) is 65.3 Å². The van der Waals surface area contributed by atoms with Crippen LogP contribution in [-0.4, -0.2) is 21.3 Å². The number of rotatable bonds is 4. The number of hydrogen-bond donors (Lipinski definition) is 1. The fraction of sp³-hybridized carbons (Fsp3) is 0.0526. The lowest BCUT2D eigenvalue weighted by Gasteiger charge is -2.08. The first-order valence-corrected chi connectivity index (χ1v) is 7.92. The summed E-state index contributed by atoms with van der Waals surface area (Å²) < 4.78 is 10.8. The number of hydrogen-bond acceptors (Lipinski definition) is 6. The molecule has 0 saturated heterocycles. The highest BCUT2D eigenvalue weighted by atomic mass is 16.5. The molecule has 1 N–H and O–H groups in total. The smallest absolute Gasteiger partial charge is 0.294 e. The van der Waals surface area contributed by atoms with Crippen LogP contribution in [0.1, 0.15) is 16.2 Å². The number of ether oxygens (including phenoxy) is 1. The molecule has 7 nitrogen and oxygen atoms in total. The summed E-state index contributed by atoms with van der Waals surface area (Å²) in [6.45, 7) is 1.75. The third-order valence-corrected chi connectivity index (χ3v) is 3.72. The monoisotopic (exact) mass is 346 g/mol. The van der Waals surface area contributed by atoms with Crippen molar-refractivity contribution < 1.29 is 14.1 Å². The van der Waals surface area contributed by atoms with Gasteiger partial charge >= 0.3 is 0 Å². The number of carbonyl (C=O) groups excluding carboxylic acids is 1. The maximum atomic E-state index is 12.1. The van der Waals surface area contributed by atoms with Crippen molar-refractivity contribution in [3.63, 3.8) is 0 Å². The zero-order chi connectivity index (χ0) is 17.9. The van der Waals surface area contributed by atoms with E-state index < -0.39 is 0 Å². The van der Waals surface area contributed by atoms with E-state index in [0.29, 0.717) is 23.0 Å². The van der Waals surface area contributed by atoms with Gasteiger partial charge in [0.2, 0.25) is 11.6 Å². The Balaban J connectivity index is 1.50. The highest BCUT2D eigenvalue weighted by Gasteiger charge is 2.12. The third-order valence-electron chi connectivity index (χ3n) is 3.72. The molecule has 0 atom stereocenters. The van der Waals surface area contributed by atoms with Crippen LogP contribution in [0.3, 0.4) is 0 Å². The molecule has 0 radical (unpaired) electrons. The summed E-state index contributed by atoms with van der Waals surface area (Å²) >= 11 is 0. The number of fused-ring (bicyclic) bond motifs is 1. The van der Waals surface area contributed by atoms with Crippen molar-refractivity contribution in [1.29, 1.82) is 0 Å². The van der Waals surface area contributed by atoms with Crippen molar-refractivity contribution in [3.05, 3.63) is 72.2 Å². The highest BCUT2D eigenvalue weighted by molar-refractivity contribution is 6.02. The molecule has 0 saturated carbocycles. The molecule has 26 heavy (non-hydrogen) atoms. The summed E-state index contributed by atoms with van der Waals surface area (Å²) in [6.07, 6.45) is 1.69. The summed E-state index contributed by atoms with van der Waals surface area (Å²) in [5.74, 6) is 0.814. The zero-order valence-corrected chi connectivity index (χ0v) is 13.8. The number of aryl methyl sites for hydroxylation is 1. The Morgan fingerprint density at radius 2 is 1.92 bits per heavy atom. The Hall–Kier alpha value is -3.74. The number of benzene rings is 2. The van der Waals surface area contributed by atoms with E-state index in [4.69, 9.17) is 9.26 Å². The van der Waals surface area contributed by atoms with Gasteiger partial charge in [0.1, 0.15) is 5.75 Å². The first-order chi connectivity index (χ1) is 12.7. The molecule has 2 aromatic carbocycles. The third kappa shape index (κ3) is 3.23. The Bertz CT molecular complexity index is 1070. The minimum atomic E-state index is -0.362. The van der Waals surface area contributed by atoms with Crippen molar-refractivity contribution in [1.82, 2.24) is 15.4 Å². The number of aromatic nitrogens is 3. The number of nitrogens with one attached hydrogen (secondary N) is 1. The number of amides is 1. The predicted molar refractivity (Wildman–Crippen MR) is 95.2 cm³/mol. The summed E-state index contributed by atoms with van der Waals surface area (Å²) in [5.41, 5.74) is 1.26. The van der Waals surface area contributed by atoms with Crippen LogP contribution in [0.4, 0.5) is 5.69 Å². The molecule has 0 aliphatic carbocycles. The second-order valence-electron chi connectivity index (χ2n) is 5.65. The van der Waals surface area contributed by atoms with Gasteiger partial charge in [0.05, 0.1) is 11.9 Å². The van der Waals surface area contributed by atoms with Crippen molar-refractivity contribution in [2.45, 2.75) is 6.92 Å².